The summed E-state index contributed by atoms with van der Waals surface area (Å²) in [6.07, 6.45) is 10.1. The molecule has 1 amide bonds. The van der Waals surface area contributed by atoms with Crippen molar-refractivity contribution >= 4 is 11.9 Å². The molecule has 6 nitrogen and oxygen atoms in total. The minimum Gasteiger partial charge on any atom is -0.349 e. The molecule has 4 saturated carbocycles. The number of nitrogens with zero attached hydrogens (tertiary/aromatic N) is 3. The van der Waals surface area contributed by atoms with Crippen molar-refractivity contribution in [1.29, 1.82) is 0 Å². The molecule has 0 spiro atoms. The normalized spacial score (nSPS) is 39.7. The summed E-state index contributed by atoms with van der Waals surface area (Å²) in [7, 11) is 0. The number of hydrogen-bond acceptors (Lipinski definition) is 5. The zero-order chi connectivity index (χ0) is 18.5. The van der Waals surface area contributed by atoms with Gasteiger partial charge in [0.25, 0.3) is 0 Å². The number of carbonyl (C=O) groups excluding carboxylic acids is 1. The highest BCUT2D eigenvalue weighted by Crippen LogP contribution is 2.58. The SMILES string of the molecule is O=C(CNC12C[C@@H]3C[C@@H](C1)CC(Nc1ncccn1)(C3)C2)N1CC[C@H](F)C1. The average Bonchev–Trinajstić information content (AvgIpc) is 3.06. The van der Waals surface area contributed by atoms with E-state index in [4.69, 9.17) is 0 Å². The zero-order valence-corrected chi connectivity index (χ0v) is 15.7. The minimum absolute atomic E-state index is 0.0103. The Balaban J connectivity index is 1.29. The Bertz CT molecular complexity index is 700. The molecule has 2 heterocycles. The van der Waals surface area contributed by atoms with Gasteiger partial charge in [0.1, 0.15) is 6.17 Å². The Morgan fingerprint density at radius 1 is 1.19 bits per heavy atom. The molecule has 2 N–H and O–H groups in total. The van der Waals surface area contributed by atoms with Crippen LogP contribution in [0.3, 0.4) is 0 Å². The van der Waals surface area contributed by atoms with Gasteiger partial charge in [0.05, 0.1) is 13.1 Å². The summed E-state index contributed by atoms with van der Waals surface area (Å²) in [6, 6.07) is 1.83. The monoisotopic (exact) mass is 373 g/mol. The van der Waals surface area contributed by atoms with Gasteiger partial charge in [0.15, 0.2) is 0 Å². The van der Waals surface area contributed by atoms with Gasteiger partial charge in [0.2, 0.25) is 11.9 Å². The van der Waals surface area contributed by atoms with Crippen LogP contribution in [0.5, 0.6) is 0 Å². The number of carbonyl (C=O) groups is 1. The van der Waals surface area contributed by atoms with E-state index >= 15 is 0 Å². The fraction of sp³-hybridized carbons (Fsp3) is 0.750. The van der Waals surface area contributed by atoms with Crippen molar-refractivity contribution in [3.63, 3.8) is 0 Å². The molecule has 4 bridgehead atoms. The second-order valence-electron chi connectivity index (χ2n) is 9.30. The molecule has 1 aliphatic heterocycles. The first kappa shape index (κ1) is 17.3. The van der Waals surface area contributed by atoms with Crippen LogP contribution < -0.4 is 10.6 Å². The number of anilines is 1. The average molecular weight is 373 g/mol. The fourth-order valence-corrected chi connectivity index (χ4v) is 6.54. The molecule has 1 saturated heterocycles. The highest BCUT2D eigenvalue weighted by molar-refractivity contribution is 5.78. The number of aromatic nitrogens is 2. The van der Waals surface area contributed by atoms with Crippen LogP contribution in [0.2, 0.25) is 0 Å². The predicted molar refractivity (Wildman–Crippen MR) is 99.9 cm³/mol. The largest absolute Gasteiger partial charge is 0.349 e. The molecule has 4 aliphatic carbocycles. The molecule has 6 rings (SSSR count). The first-order chi connectivity index (χ1) is 13.0. The fourth-order valence-electron chi connectivity index (χ4n) is 6.54. The number of hydrogen-bond donors (Lipinski definition) is 2. The summed E-state index contributed by atoms with van der Waals surface area (Å²) in [5.74, 6) is 2.12. The van der Waals surface area contributed by atoms with Gasteiger partial charge in [-0.3, -0.25) is 4.79 Å². The van der Waals surface area contributed by atoms with Crippen molar-refractivity contribution in [3.8, 4) is 0 Å². The number of nitrogens with one attached hydrogen (secondary N) is 2. The Morgan fingerprint density at radius 3 is 2.56 bits per heavy atom. The summed E-state index contributed by atoms with van der Waals surface area (Å²) in [4.78, 5) is 22.9. The molecule has 146 valence electrons. The number of likely N-dealkylation sites (tertiary alicyclic amines) is 1. The zero-order valence-electron chi connectivity index (χ0n) is 15.7. The van der Waals surface area contributed by atoms with Gasteiger partial charge < -0.3 is 15.5 Å². The maximum Gasteiger partial charge on any atom is 0.236 e. The van der Waals surface area contributed by atoms with Crippen LogP contribution in [0.4, 0.5) is 10.3 Å². The molecule has 3 atom stereocenters. The van der Waals surface area contributed by atoms with E-state index in [0.717, 1.165) is 32.1 Å². The molecule has 27 heavy (non-hydrogen) atoms. The molecule has 5 fully saturated rings. The van der Waals surface area contributed by atoms with Crippen LogP contribution >= 0.6 is 0 Å². The summed E-state index contributed by atoms with van der Waals surface area (Å²) < 4.78 is 13.4. The van der Waals surface area contributed by atoms with E-state index in [1.54, 1.807) is 17.3 Å². The lowest BCUT2D eigenvalue weighted by Crippen LogP contribution is -2.67. The first-order valence-corrected chi connectivity index (χ1v) is 10.3. The van der Waals surface area contributed by atoms with Gasteiger partial charge in [-0.15, -0.1) is 0 Å². The molecular formula is C20H28FN5O. The molecule has 1 aromatic heterocycles. The number of amides is 1. The Kier molecular flexibility index (Phi) is 4.11. The Hall–Kier alpha value is -1.76. The van der Waals surface area contributed by atoms with Crippen molar-refractivity contribution in [3.05, 3.63) is 18.5 Å². The molecule has 0 unspecified atom stereocenters. The molecule has 0 aromatic carbocycles. The standard InChI is InChI=1S/C20H28FN5O/c21-16-2-5-26(12-16)17(27)11-24-19-7-14-6-15(8-19)10-20(9-14,13-19)25-18-22-3-1-4-23-18/h1,3-4,14-16,24H,2,5-13H2,(H,22,23,25)/t14-,15-,16-,19?,20?/m0/s1. The van der Waals surface area contributed by atoms with E-state index in [9.17, 15) is 9.18 Å². The van der Waals surface area contributed by atoms with Gasteiger partial charge in [-0.05, 0) is 62.8 Å². The van der Waals surface area contributed by atoms with E-state index in [1.807, 2.05) is 6.07 Å². The summed E-state index contributed by atoms with van der Waals surface area (Å²) in [6.45, 7) is 1.14. The lowest BCUT2D eigenvalue weighted by atomic mass is 9.50. The highest BCUT2D eigenvalue weighted by atomic mass is 19.1. The summed E-state index contributed by atoms with van der Waals surface area (Å²) in [5, 5.41) is 7.29. The van der Waals surface area contributed by atoms with Crippen LogP contribution in [-0.2, 0) is 4.79 Å². The van der Waals surface area contributed by atoms with Crippen molar-refractivity contribution in [2.45, 2.75) is 62.2 Å². The number of halogens is 1. The van der Waals surface area contributed by atoms with Crippen LogP contribution in [-0.4, -0.2) is 57.7 Å². The Morgan fingerprint density at radius 2 is 1.89 bits per heavy atom. The van der Waals surface area contributed by atoms with E-state index in [0.29, 0.717) is 37.3 Å². The van der Waals surface area contributed by atoms with Crippen molar-refractivity contribution in [1.82, 2.24) is 20.2 Å². The lowest BCUT2D eigenvalue weighted by Gasteiger charge is -2.62. The molecule has 7 heteroatoms. The van der Waals surface area contributed by atoms with Crippen molar-refractivity contribution in [2.75, 3.05) is 25.0 Å². The van der Waals surface area contributed by atoms with E-state index in [2.05, 4.69) is 20.6 Å². The summed E-state index contributed by atoms with van der Waals surface area (Å²) >= 11 is 0. The third-order valence-corrected chi connectivity index (χ3v) is 7.10. The van der Waals surface area contributed by atoms with Crippen LogP contribution in [0.25, 0.3) is 0 Å². The number of rotatable bonds is 5. The topological polar surface area (TPSA) is 70.1 Å². The maximum atomic E-state index is 13.4. The van der Waals surface area contributed by atoms with Crippen LogP contribution in [0.1, 0.15) is 44.9 Å². The second kappa shape index (κ2) is 6.40. The smallest absolute Gasteiger partial charge is 0.236 e. The molecule has 0 radical (unpaired) electrons. The van der Waals surface area contributed by atoms with Crippen LogP contribution in [0, 0.1) is 11.8 Å². The van der Waals surface area contributed by atoms with E-state index in [1.165, 1.54) is 6.42 Å². The predicted octanol–water partition coefficient (Wildman–Crippen LogP) is 2.14. The number of alkyl halides is 1. The minimum atomic E-state index is -0.855. The van der Waals surface area contributed by atoms with Gasteiger partial charge >= 0.3 is 0 Å². The van der Waals surface area contributed by atoms with Crippen LogP contribution in [0.15, 0.2) is 18.5 Å². The third kappa shape index (κ3) is 3.30. The van der Waals surface area contributed by atoms with Gasteiger partial charge in [0, 0.05) is 30.0 Å². The maximum absolute atomic E-state index is 13.4. The Labute approximate surface area is 159 Å². The second-order valence-corrected chi connectivity index (χ2v) is 9.30. The van der Waals surface area contributed by atoms with E-state index in [-0.39, 0.29) is 23.5 Å². The highest BCUT2D eigenvalue weighted by Gasteiger charge is 2.58. The first-order valence-electron chi connectivity index (χ1n) is 10.3. The van der Waals surface area contributed by atoms with Gasteiger partial charge in [-0.25, -0.2) is 14.4 Å². The molecular weight excluding hydrogens is 345 g/mol. The lowest BCUT2D eigenvalue weighted by molar-refractivity contribution is -0.130. The third-order valence-electron chi connectivity index (χ3n) is 7.10. The van der Waals surface area contributed by atoms with E-state index < -0.39 is 6.17 Å². The van der Waals surface area contributed by atoms with Crippen molar-refractivity contribution in [2.24, 2.45) is 11.8 Å². The van der Waals surface area contributed by atoms with Gasteiger partial charge in [-0.2, -0.15) is 0 Å². The molecule has 1 aromatic rings. The quantitative estimate of drug-likeness (QED) is 0.828. The summed E-state index contributed by atoms with van der Waals surface area (Å²) in [5.41, 5.74) is 0.0372. The van der Waals surface area contributed by atoms with Gasteiger partial charge in [-0.1, -0.05) is 0 Å². The molecule has 5 aliphatic rings. The van der Waals surface area contributed by atoms with Crippen molar-refractivity contribution < 1.29 is 9.18 Å².